The fraction of sp³-hybridized carbons (Fsp3) is 0.548. The van der Waals surface area contributed by atoms with Gasteiger partial charge in [-0.25, -0.2) is 4.79 Å². The van der Waals surface area contributed by atoms with Crippen LogP contribution in [0.25, 0.3) is 22.2 Å². The van der Waals surface area contributed by atoms with E-state index in [9.17, 15) is 14.7 Å². The number of benzene rings is 1. The van der Waals surface area contributed by atoms with Crippen LogP contribution in [-0.4, -0.2) is 70.7 Å². The van der Waals surface area contributed by atoms with Gasteiger partial charge in [0.25, 0.3) is 0 Å². The summed E-state index contributed by atoms with van der Waals surface area (Å²) in [5.74, 6) is -0.305. The molecule has 208 valence electrons. The number of nitrogens with zero attached hydrogens (tertiary/aromatic N) is 3. The van der Waals surface area contributed by atoms with Gasteiger partial charge >= 0.3 is 5.97 Å². The Labute approximate surface area is 229 Å². The van der Waals surface area contributed by atoms with Gasteiger partial charge in [0, 0.05) is 30.1 Å². The highest BCUT2D eigenvalue weighted by molar-refractivity contribution is 6.01. The third kappa shape index (κ3) is 4.95. The minimum Gasteiger partial charge on any atom is -0.507 e. The number of amides is 1. The van der Waals surface area contributed by atoms with Crippen LogP contribution in [0.5, 0.6) is 5.75 Å². The van der Waals surface area contributed by atoms with Gasteiger partial charge < -0.3 is 28.6 Å². The van der Waals surface area contributed by atoms with Crippen molar-refractivity contribution in [2.24, 2.45) is 0 Å². The van der Waals surface area contributed by atoms with Crippen molar-refractivity contribution in [1.29, 1.82) is 0 Å². The molecule has 2 saturated heterocycles. The van der Waals surface area contributed by atoms with E-state index in [1.807, 2.05) is 15.5 Å². The smallest absolute Gasteiger partial charge is 0.341 e. The molecule has 3 aromatic rings. The largest absolute Gasteiger partial charge is 0.507 e. The second kappa shape index (κ2) is 11.1. The standard InChI is InChI=1S/C31H39N3O5/c1-38-31(37)25-17-26-24(18-27(25)35)29(21-7-3-2-4-8-21)30(22-11-16-39-20-22)34(26)19-28(36)33-14-9-23(10-15-33)32-12-5-6-13-32/h11,16-18,20-21,23,35H,2-10,12-15,19H2,1H3. The SMILES string of the molecule is COC(=O)c1cc2c(cc1O)c(C1CCCCC1)c(-c1ccoc1)n2CC(=O)N1CCC(N2CCCC2)CC1. The number of fused-ring (bicyclic) bond motifs is 1. The fourth-order valence-corrected chi connectivity index (χ4v) is 7.18. The lowest BCUT2D eigenvalue weighted by Crippen LogP contribution is -2.46. The molecule has 39 heavy (non-hydrogen) atoms. The van der Waals surface area contributed by atoms with E-state index in [1.54, 1.807) is 24.7 Å². The van der Waals surface area contributed by atoms with E-state index in [4.69, 9.17) is 9.15 Å². The second-order valence-corrected chi connectivity index (χ2v) is 11.4. The number of ether oxygens (including phenoxy) is 1. The van der Waals surface area contributed by atoms with E-state index in [-0.39, 0.29) is 23.8 Å². The molecule has 1 amide bonds. The number of aromatic nitrogens is 1. The molecule has 2 aliphatic heterocycles. The molecule has 1 aliphatic carbocycles. The molecule has 1 aromatic carbocycles. The Bertz CT molecular complexity index is 1320. The molecule has 0 atom stereocenters. The topological polar surface area (TPSA) is 88.1 Å². The number of phenolic OH excluding ortho intramolecular Hbond substituents is 1. The molecular formula is C31H39N3O5. The van der Waals surface area contributed by atoms with Crippen molar-refractivity contribution >= 4 is 22.8 Å². The average molecular weight is 534 g/mol. The summed E-state index contributed by atoms with van der Waals surface area (Å²) >= 11 is 0. The minimum atomic E-state index is -0.596. The van der Waals surface area contributed by atoms with Gasteiger partial charge in [0.1, 0.15) is 17.9 Å². The third-order valence-electron chi connectivity index (χ3n) is 9.20. The fourth-order valence-electron chi connectivity index (χ4n) is 7.18. The normalized spacial score (nSPS) is 19.7. The first-order chi connectivity index (χ1) is 19.0. The van der Waals surface area contributed by atoms with E-state index >= 15 is 0 Å². The monoisotopic (exact) mass is 533 g/mol. The number of likely N-dealkylation sites (tertiary alicyclic amines) is 2. The second-order valence-electron chi connectivity index (χ2n) is 11.4. The van der Waals surface area contributed by atoms with Gasteiger partial charge in [0.05, 0.1) is 30.8 Å². The van der Waals surface area contributed by atoms with Crippen LogP contribution in [0.3, 0.4) is 0 Å². The predicted octanol–water partition coefficient (Wildman–Crippen LogP) is 5.53. The van der Waals surface area contributed by atoms with Crippen LogP contribution < -0.4 is 0 Å². The van der Waals surface area contributed by atoms with Gasteiger partial charge in [-0.1, -0.05) is 19.3 Å². The number of carbonyl (C=O) groups is 2. The molecule has 3 aliphatic rings. The zero-order valence-electron chi connectivity index (χ0n) is 22.9. The number of esters is 1. The number of phenols is 1. The third-order valence-corrected chi connectivity index (χ3v) is 9.20. The number of aromatic hydroxyl groups is 1. The summed E-state index contributed by atoms with van der Waals surface area (Å²) in [6.07, 6.45) is 13.6. The van der Waals surface area contributed by atoms with E-state index in [0.717, 1.165) is 79.3 Å². The van der Waals surface area contributed by atoms with E-state index in [1.165, 1.54) is 39.5 Å². The Kier molecular flexibility index (Phi) is 7.38. The quantitative estimate of drug-likeness (QED) is 0.420. The van der Waals surface area contributed by atoms with Gasteiger partial charge in [-0.3, -0.25) is 4.79 Å². The molecule has 4 heterocycles. The summed E-state index contributed by atoms with van der Waals surface area (Å²) in [5, 5.41) is 11.7. The van der Waals surface area contributed by atoms with Gasteiger partial charge in [-0.05, 0) is 81.3 Å². The minimum absolute atomic E-state index is 0.0828. The van der Waals surface area contributed by atoms with Crippen molar-refractivity contribution in [2.75, 3.05) is 33.3 Å². The van der Waals surface area contributed by atoms with Crippen molar-refractivity contribution in [3.05, 3.63) is 41.9 Å². The maximum atomic E-state index is 13.8. The molecular weight excluding hydrogens is 494 g/mol. The number of carbonyl (C=O) groups excluding carboxylic acids is 2. The molecule has 0 bridgehead atoms. The van der Waals surface area contributed by atoms with Crippen molar-refractivity contribution in [3.8, 4) is 17.0 Å². The van der Waals surface area contributed by atoms with Crippen molar-refractivity contribution < 1.29 is 23.8 Å². The molecule has 1 saturated carbocycles. The highest BCUT2D eigenvalue weighted by Crippen LogP contribution is 2.45. The lowest BCUT2D eigenvalue weighted by Gasteiger charge is -2.36. The summed E-state index contributed by atoms with van der Waals surface area (Å²) < 4.78 is 12.5. The van der Waals surface area contributed by atoms with Crippen LogP contribution in [0.4, 0.5) is 0 Å². The summed E-state index contributed by atoms with van der Waals surface area (Å²) in [5.41, 5.74) is 3.87. The van der Waals surface area contributed by atoms with Gasteiger partial charge in [0.2, 0.25) is 5.91 Å². The first-order valence-electron chi connectivity index (χ1n) is 14.6. The van der Waals surface area contributed by atoms with Gasteiger partial charge in [0.15, 0.2) is 0 Å². The van der Waals surface area contributed by atoms with Crippen molar-refractivity contribution in [1.82, 2.24) is 14.4 Å². The number of hydrogen-bond donors (Lipinski definition) is 1. The lowest BCUT2D eigenvalue weighted by atomic mass is 9.82. The molecule has 1 N–H and O–H groups in total. The van der Waals surface area contributed by atoms with Crippen LogP contribution in [0.15, 0.2) is 35.1 Å². The summed E-state index contributed by atoms with van der Waals surface area (Å²) in [7, 11) is 1.31. The van der Waals surface area contributed by atoms with Crippen molar-refractivity contribution in [2.45, 2.75) is 76.3 Å². The van der Waals surface area contributed by atoms with E-state index in [0.29, 0.717) is 12.0 Å². The molecule has 6 rings (SSSR count). The first kappa shape index (κ1) is 26.0. The number of piperidine rings is 1. The molecule has 8 heteroatoms. The molecule has 0 radical (unpaired) electrons. The molecule has 2 aromatic heterocycles. The Morgan fingerprint density at radius 3 is 2.41 bits per heavy atom. The molecule has 8 nitrogen and oxygen atoms in total. The number of methoxy groups -OCH3 is 1. The first-order valence-corrected chi connectivity index (χ1v) is 14.6. The zero-order chi connectivity index (χ0) is 26.9. The molecule has 3 fully saturated rings. The molecule has 0 spiro atoms. The lowest BCUT2D eigenvalue weighted by molar-refractivity contribution is -0.133. The highest BCUT2D eigenvalue weighted by atomic mass is 16.5. The summed E-state index contributed by atoms with van der Waals surface area (Å²) in [4.78, 5) is 30.9. The van der Waals surface area contributed by atoms with E-state index < -0.39 is 5.97 Å². The summed E-state index contributed by atoms with van der Waals surface area (Å²) in [6, 6.07) is 5.90. The number of hydrogen-bond acceptors (Lipinski definition) is 6. The average Bonchev–Trinajstić information content (AvgIpc) is 3.74. The summed E-state index contributed by atoms with van der Waals surface area (Å²) in [6.45, 7) is 4.07. The predicted molar refractivity (Wildman–Crippen MR) is 149 cm³/mol. The maximum absolute atomic E-state index is 13.8. The zero-order valence-corrected chi connectivity index (χ0v) is 22.9. The van der Waals surface area contributed by atoms with Crippen LogP contribution >= 0.6 is 0 Å². The Morgan fingerprint density at radius 1 is 1.00 bits per heavy atom. The Balaban J connectivity index is 1.40. The Morgan fingerprint density at radius 2 is 1.74 bits per heavy atom. The molecule has 0 unspecified atom stereocenters. The highest BCUT2D eigenvalue weighted by Gasteiger charge is 2.32. The van der Waals surface area contributed by atoms with Crippen LogP contribution in [-0.2, 0) is 16.1 Å². The van der Waals surface area contributed by atoms with Crippen LogP contribution in [0.2, 0.25) is 0 Å². The number of rotatable bonds is 6. The number of furan rings is 1. The van der Waals surface area contributed by atoms with Crippen molar-refractivity contribution in [3.63, 3.8) is 0 Å². The maximum Gasteiger partial charge on any atom is 0.341 e. The van der Waals surface area contributed by atoms with E-state index in [2.05, 4.69) is 4.90 Å². The van der Waals surface area contributed by atoms with Crippen LogP contribution in [0.1, 0.15) is 79.6 Å². The Hall–Kier alpha value is -3.26. The van der Waals surface area contributed by atoms with Gasteiger partial charge in [-0.15, -0.1) is 0 Å². The van der Waals surface area contributed by atoms with Gasteiger partial charge in [-0.2, -0.15) is 0 Å². The van der Waals surface area contributed by atoms with Crippen LogP contribution in [0, 0.1) is 0 Å².